The molecule has 0 bridgehead atoms. The Kier molecular flexibility index (Phi) is 2.85. The van der Waals surface area contributed by atoms with E-state index in [-0.39, 0.29) is 5.69 Å². The Bertz CT molecular complexity index is 388. The normalized spacial score (nSPS) is 25.8. The van der Waals surface area contributed by atoms with Crippen molar-refractivity contribution in [3.8, 4) is 0 Å². The van der Waals surface area contributed by atoms with Crippen LogP contribution in [0, 0.1) is 5.92 Å². The van der Waals surface area contributed by atoms with Crippen LogP contribution in [0.5, 0.6) is 0 Å². The van der Waals surface area contributed by atoms with Crippen LogP contribution in [-0.4, -0.2) is 28.6 Å². The van der Waals surface area contributed by atoms with Gasteiger partial charge in [-0.25, -0.2) is 4.79 Å². The number of aromatic carboxylic acids is 1. The largest absolute Gasteiger partial charge is 0.476 e. The van der Waals surface area contributed by atoms with E-state index >= 15 is 0 Å². The van der Waals surface area contributed by atoms with Gasteiger partial charge in [0, 0.05) is 12.6 Å². The molecule has 0 spiro atoms. The van der Waals surface area contributed by atoms with E-state index in [4.69, 9.17) is 9.52 Å². The fourth-order valence-corrected chi connectivity index (χ4v) is 2.05. The number of carboxylic acid groups (broad SMARTS) is 1. The highest BCUT2D eigenvalue weighted by Crippen LogP contribution is 2.26. The van der Waals surface area contributed by atoms with Crippen molar-refractivity contribution in [1.29, 1.82) is 0 Å². The average molecular weight is 224 g/mol. The van der Waals surface area contributed by atoms with Gasteiger partial charge in [0.05, 0.1) is 0 Å². The predicted molar refractivity (Wildman–Crippen MR) is 58.7 cm³/mol. The van der Waals surface area contributed by atoms with Gasteiger partial charge >= 0.3 is 5.97 Å². The summed E-state index contributed by atoms with van der Waals surface area (Å²) in [6.07, 6.45) is 3.49. The molecular formula is C11H16N2O3. The van der Waals surface area contributed by atoms with E-state index in [2.05, 4.69) is 18.8 Å². The third-order valence-electron chi connectivity index (χ3n) is 3.07. The predicted octanol–water partition coefficient (Wildman–Crippen LogP) is 2.00. The molecule has 0 radical (unpaired) electrons. The maximum absolute atomic E-state index is 10.7. The zero-order valence-electron chi connectivity index (χ0n) is 9.51. The van der Waals surface area contributed by atoms with Crippen LogP contribution in [0.25, 0.3) is 0 Å². The number of aromatic nitrogens is 1. The van der Waals surface area contributed by atoms with Crippen LogP contribution in [0.3, 0.4) is 0 Å². The number of carboxylic acids is 1. The molecule has 0 aromatic carbocycles. The molecule has 2 atom stereocenters. The summed E-state index contributed by atoms with van der Waals surface area (Å²) in [6, 6.07) is 0.785. The summed E-state index contributed by atoms with van der Waals surface area (Å²) in [5.41, 5.74) is -0.0274. The van der Waals surface area contributed by atoms with Crippen molar-refractivity contribution in [2.75, 3.05) is 11.4 Å². The zero-order valence-corrected chi connectivity index (χ0v) is 9.51. The Labute approximate surface area is 94.1 Å². The van der Waals surface area contributed by atoms with Crippen LogP contribution in [0.2, 0.25) is 0 Å². The first-order valence-electron chi connectivity index (χ1n) is 5.53. The molecule has 2 heterocycles. The molecule has 1 N–H and O–H groups in total. The van der Waals surface area contributed by atoms with Gasteiger partial charge in [-0.15, -0.1) is 0 Å². The second kappa shape index (κ2) is 4.15. The summed E-state index contributed by atoms with van der Waals surface area (Å²) in [6.45, 7) is 5.16. The van der Waals surface area contributed by atoms with Gasteiger partial charge in [0.1, 0.15) is 6.26 Å². The number of hydrogen-bond donors (Lipinski definition) is 1. The van der Waals surface area contributed by atoms with Gasteiger partial charge in [-0.2, -0.15) is 4.98 Å². The molecule has 88 valence electrons. The number of anilines is 1. The number of oxazole rings is 1. The Morgan fingerprint density at radius 2 is 2.31 bits per heavy atom. The lowest BCUT2D eigenvalue weighted by Crippen LogP contribution is -2.41. The molecule has 1 fully saturated rings. The third kappa shape index (κ3) is 2.03. The van der Waals surface area contributed by atoms with Crippen molar-refractivity contribution in [2.45, 2.75) is 32.7 Å². The molecule has 0 aliphatic carbocycles. The van der Waals surface area contributed by atoms with Gasteiger partial charge in [-0.3, -0.25) is 0 Å². The van der Waals surface area contributed by atoms with E-state index in [0.29, 0.717) is 18.0 Å². The molecule has 1 aromatic heterocycles. The number of nitrogens with zero attached hydrogens (tertiary/aromatic N) is 2. The summed E-state index contributed by atoms with van der Waals surface area (Å²) in [7, 11) is 0. The SMILES string of the molecule is C[C@@H]1CC[C@@H](C)N(c2nc(C(=O)O)co2)C1. The van der Waals surface area contributed by atoms with Crippen molar-refractivity contribution < 1.29 is 14.3 Å². The van der Waals surface area contributed by atoms with E-state index < -0.39 is 5.97 Å². The minimum atomic E-state index is -1.05. The molecule has 1 aromatic rings. The molecule has 1 aliphatic heterocycles. The van der Waals surface area contributed by atoms with Crippen LogP contribution >= 0.6 is 0 Å². The Morgan fingerprint density at radius 3 is 2.94 bits per heavy atom. The van der Waals surface area contributed by atoms with E-state index in [1.807, 2.05) is 4.90 Å². The molecular weight excluding hydrogens is 208 g/mol. The second-order valence-corrected chi connectivity index (χ2v) is 4.50. The molecule has 16 heavy (non-hydrogen) atoms. The average Bonchev–Trinajstić information content (AvgIpc) is 2.70. The summed E-state index contributed by atoms with van der Waals surface area (Å²) in [4.78, 5) is 16.7. The summed E-state index contributed by atoms with van der Waals surface area (Å²) in [5.74, 6) is -0.455. The van der Waals surface area contributed by atoms with Crippen molar-refractivity contribution >= 4 is 12.0 Å². The Morgan fingerprint density at radius 1 is 1.56 bits per heavy atom. The number of carbonyl (C=O) groups is 1. The fraction of sp³-hybridized carbons (Fsp3) is 0.636. The number of piperidine rings is 1. The standard InChI is InChI=1S/C11H16N2O3/c1-7-3-4-8(2)13(5-7)11-12-9(6-16-11)10(14)15/h6-8H,3-5H2,1-2H3,(H,14,15)/t7-,8-/m1/s1. The van der Waals surface area contributed by atoms with E-state index in [9.17, 15) is 4.79 Å². The molecule has 1 saturated heterocycles. The lowest BCUT2D eigenvalue weighted by molar-refractivity contribution is 0.0690. The molecule has 0 unspecified atom stereocenters. The summed E-state index contributed by atoms with van der Waals surface area (Å²) < 4.78 is 5.22. The van der Waals surface area contributed by atoms with Gasteiger partial charge in [0.15, 0.2) is 5.69 Å². The van der Waals surface area contributed by atoms with Crippen molar-refractivity contribution in [3.63, 3.8) is 0 Å². The molecule has 0 amide bonds. The van der Waals surface area contributed by atoms with Crippen LogP contribution in [0.4, 0.5) is 6.01 Å². The first kappa shape index (κ1) is 11.0. The maximum atomic E-state index is 10.7. The second-order valence-electron chi connectivity index (χ2n) is 4.50. The quantitative estimate of drug-likeness (QED) is 0.832. The van der Waals surface area contributed by atoms with Crippen LogP contribution in [0.1, 0.15) is 37.2 Å². The topological polar surface area (TPSA) is 66.6 Å². The highest BCUT2D eigenvalue weighted by molar-refractivity contribution is 5.85. The molecule has 2 rings (SSSR count). The first-order valence-corrected chi connectivity index (χ1v) is 5.53. The van der Waals surface area contributed by atoms with Crippen molar-refractivity contribution in [3.05, 3.63) is 12.0 Å². The van der Waals surface area contributed by atoms with Crippen molar-refractivity contribution in [1.82, 2.24) is 4.98 Å². The van der Waals surface area contributed by atoms with Gasteiger partial charge in [-0.1, -0.05) is 6.92 Å². The van der Waals surface area contributed by atoms with E-state index in [1.54, 1.807) is 0 Å². The lowest BCUT2D eigenvalue weighted by atomic mass is 9.95. The fourth-order valence-electron chi connectivity index (χ4n) is 2.05. The lowest BCUT2D eigenvalue weighted by Gasteiger charge is -2.35. The summed E-state index contributed by atoms with van der Waals surface area (Å²) >= 11 is 0. The van der Waals surface area contributed by atoms with Gasteiger partial charge in [0.25, 0.3) is 6.01 Å². The van der Waals surface area contributed by atoms with Crippen LogP contribution < -0.4 is 4.90 Å². The van der Waals surface area contributed by atoms with E-state index in [1.165, 1.54) is 12.7 Å². The molecule has 0 saturated carbocycles. The van der Waals surface area contributed by atoms with Crippen molar-refractivity contribution in [2.24, 2.45) is 5.92 Å². The highest BCUT2D eigenvalue weighted by Gasteiger charge is 2.26. The molecule has 1 aliphatic rings. The monoisotopic (exact) mass is 224 g/mol. The maximum Gasteiger partial charge on any atom is 0.357 e. The smallest absolute Gasteiger partial charge is 0.357 e. The molecule has 5 heteroatoms. The number of hydrogen-bond acceptors (Lipinski definition) is 4. The van der Waals surface area contributed by atoms with Gasteiger partial charge in [0.2, 0.25) is 0 Å². The Balaban J connectivity index is 2.18. The highest BCUT2D eigenvalue weighted by atomic mass is 16.4. The van der Waals surface area contributed by atoms with E-state index in [0.717, 1.165) is 13.0 Å². The van der Waals surface area contributed by atoms with Gasteiger partial charge < -0.3 is 14.4 Å². The zero-order chi connectivity index (χ0) is 11.7. The minimum Gasteiger partial charge on any atom is -0.476 e. The number of rotatable bonds is 2. The minimum absolute atomic E-state index is 0.0274. The van der Waals surface area contributed by atoms with Crippen LogP contribution in [-0.2, 0) is 0 Å². The third-order valence-corrected chi connectivity index (χ3v) is 3.07. The molecule has 5 nitrogen and oxygen atoms in total. The summed E-state index contributed by atoms with van der Waals surface area (Å²) in [5, 5.41) is 8.77. The first-order chi connectivity index (χ1) is 7.58. The van der Waals surface area contributed by atoms with Gasteiger partial charge in [-0.05, 0) is 25.7 Å². The Hall–Kier alpha value is -1.52. The van der Waals surface area contributed by atoms with Crippen LogP contribution in [0.15, 0.2) is 10.7 Å².